The van der Waals surface area contributed by atoms with E-state index in [0.29, 0.717) is 16.6 Å². The fraction of sp³-hybridized carbons (Fsp3) is 0.100. The molecule has 0 atom stereocenters. The Hall–Kier alpha value is -2.76. The van der Waals surface area contributed by atoms with Crippen LogP contribution in [0.1, 0.15) is 6.42 Å². The molecule has 27 heavy (non-hydrogen) atoms. The van der Waals surface area contributed by atoms with Gasteiger partial charge in [0.1, 0.15) is 5.69 Å². The number of hydrogen-bond acceptors (Lipinski definition) is 2. The van der Waals surface area contributed by atoms with Crippen LogP contribution in [0.4, 0.5) is 5.69 Å². The number of H-pyrrole nitrogens is 1. The Bertz CT molecular complexity index is 1170. The summed E-state index contributed by atoms with van der Waals surface area (Å²) in [6.07, 6.45) is 1.74. The van der Waals surface area contributed by atoms with Gasteiger partial charge in [-0.25, -0.2) is 0 Å². The molecule has 0 unspecified atom stereocenters. The molecule has 7 heteroatoms. The lowest BCUT2D eigenvalue weighted by molar-refractivity contribution is -0.116. The number of carbonyl (C=O) groups is 1. The fourth-order valence-electron chi connectivity index (χ4n) is 3.24. The lowest BCUT2D eigenvalue weighted by Crippen LogP contribution is -2.20. The maximum Gasteiger partial charge on any atom is 0.271 e. The second-order valence-electron chi connectivity index (χ2n) is 6.19. The summed E-state index contributed by atoms with van der Waals surface area (Å²) in [7, 11) is 0. The van der Waals surface area contributed by atoms with Crippen molar-refractivity contribution in [3.63, 3.8) is 0 Å². The van der Waals surface area contributed by atoms with Crippen LogP contribution in [0.3, 0.4) is 0 Å². The third-order valence-electron chi connectivity index (χ3n) is 4.44. The van der Waals surface area contributed by atoms with Crippen molar-refractivity contribution in [2.45, 2.75) is 13.0 Å². The second kappa shape index (κ2) is 7.10. The number of hydrogen-bond donors (Lipinski definition) is 2. The molecule has 0 radical (unpaired) electrons. The Morgan fingerprint density at radius 3 is 2.22 bits per heavy atom. The Balaban J connectivity index is 1.66. The number of benzene rings is 2. The van der Waals surface area contributed by atoms with Crippen LogP contribution in [-0.2, 0) is 11.3 Å². The van der Waals surface area contributed by atoms with Gasteiger partial charge in [-0.05, 0) is 48.5 Å². The molecular formula is C20H15Cl2N3O2. The van der Waals surface area contributed by atoms with Crippen LogP contribution in [0.25, 0.3) is 21.8 Å². The number of nitrogens with one attached hydrogen (secondary N) is 2. The minimum atomic E-state index is -0.327. The highest BCUT2D eigenvalue weighted by atomic mass is 35.5. The van der Waals surface area contributed by atoms with Gasteiger partial charge >= 0.3 is 0 Å². The molecule has 0 bridgehead atoms. The van der Waals surface area contributed by atoms with Gasteiger partial charge in [-0.3, -0.25) is 9.59 Å². The van der Waals surface area contributed by atoms with E-state index in [-0.39, 0.29) is 23.6 Å². The van der Waals surface area contributed by atoms with Crippen LogP contribution in [-0.4, -0.2) is 15.5 Å². The summed E-state index contributed by atoms with van der Waals surface area (Å²) in [4.78, 5) is 26.6. The van der Waals surface area contributed by atoms with Crippen LogP contribution in [0.5, 0.6) is 0 Å². The SMILES string of the molecule is O=C(CCn1c2ccc(Cl)cc2c2cc(Cl)ccc21)Nc1ccc[nH]c1=O. The van der Waals surface area contributed by atoms with Crippen LogP contribution < -0.4 is 10.9 Å². The molecule has 4 rings (SSSR count). The van der Waals surface area contributed by atoms with E-state index in [9.17, 15) is 9.59 Å². The van der Waals surface area contributed by atoms with Crippen molar-refractivity contribution in [1.82, 2.24) is 9.55 Å². The number of fused-ring (bicyclic) bond motifs is 3. The summed E-state index contributed by atoms with van der Waals surface area (Å²) < 4.78 is 2.06. The number of aromatic amines is 1. The maximum absolute atomic E-state index is 12.3. The highest BCUT2D eigenvalue weighted by Crippen LogP contribution is 2.33. The molecular weight excluding hydrogens is 385 g/mol. The molecule has 4 aromatic rings. The smallest absolute Gasteiger partial charge is 0.271 e. The molecule has 0 saturated heterocycles. The van der Waals surface area contributed by atoms with Gasteiger partial charge in [0.15, 0.2) is 0 Å². The monoisotopic (exact) mass is 399 g/mol. The molecule has 0 aliphatic rings. The highest BCUT2D eigenvalue weighted by Gasteiger charge is 2.13. The minimum absolute atomic E-state index is 0.221. The van der Waals surface area contributed by atoms with E-state index in [2.05, 4.69) is 14.9 Å². The van der Waals surface area contributed by atoms with Gasteiger partial charge in [0, 0.05) is 51.0 Å². The Kier molecular flexibility index (Phi) is 4.64. The summed E-state index contributed by atoms with van der Waals surface area (Å²) in [5.74, 6) is -0.232. The summed E-state index contributed by atoms with van der Waals surface area (Å²) >= 11 is 12.3. The fourth-order valence-corrected chi connectivity index (χ4v) is 3.58. The lowest BCUT2D eigenvalue weighted by Gasteiger charge is -2.08. The Morgan fingerprint density at radius 2 is 1.63 bits per heavy atom. The number of carbonyl (C=O) groups excluding carboxylic acids is 1. The predicted molar refractivity (Wildman–Crippen MR) is 110 cm³/mol. The first-order valence-electron chi connectivity index (χ1n) is 8.37. The van der Waals surface area contributed by atoms with Gasteiger partial charge in [-0.1, -0.05) is 23.2 Å². The molecule has 0 fully saturated rings. The molecule has 0 spiro atoms. The topological polar surface area (TPSA) is 66.9 Å². The van der Waals surface area contributed by atoms with Gasteiger partial charge in [0.2, 0.25) is 5.91 Å². The molecule has 2 heterocycles. The number of anilines is 1. The number of pyridine rings is 1. The van der Waals surface area contributed by atoms with Gasteiger partial charge in [0.05, 0.1) is 0 Å². The molecule has 136 valence electrons. The van der Waals surface area contributed by atoms with Gasteiger partial charge < -0.3 is 14.9 Å². The molecule has 5 nitrogen and oxygen atoms in total. The molecule has 0 saturated carbocycles. The molecule has 2 aromatic carbocycles. The number of aryl methyl sites for hydroxylation is 1. The van der Waals surface area contributed by atoms with Crippen LogP contribution >= 0.6 is 23.2 Å². The first-order valence-corrected chi connectivity index (χ1v) is 9.13. The third kappa shape index (κ3) is 3.44. The van der Waals surface area contributed by atoms with E-state index in [1.807, 2.05) is 36.4 Å². The van der Waals surface area contributed by atoms with E-state index >= 15 is 0 Å². The first kappa shape index (κ1) is 17.6. The summed E-state index contributed by atoms with van der Waals surface area (Å²) in [5, 5.41) is 5.90. The zero-order chi connectivity index (χ0) is 19.0. The molecule has 2 N–H and O–H groups in total. The van der Waals surface area contributed by atoms with Crippen molar-refractivity contribution >= 4 is 56.6 Å². The summed E-state index contributed by atoms with van der Waals surface area (Å²) in [6, 6.07) is 14.6. The number of nitrogens with zero attached hydrogens (tertiary/aromatic N) is 1. The van der Waals surface area contributed by atoms with E-state index in [4.69, 9.17) is 23.2 Å². The standard InChI is InChI=1S/C20H15Cl2N3O2/c21-12-3-5-17-14(10-12)15-11-13(22)4-6-18(15)25(17)9-7-19(26)24-16-2-1-8-23-20(16)27/h1-6,8,10-11H,7,9H2,(H,23,27)(H,24,26). The molecule has 0 aliphatic heterocycles. The zero-order valence-electron chi connectivity index (χ0n) is 14.1. The van der Waals surface area contributed by atoms with Crippen molar-refractivity contribution in [3.8, 4) is 0 Å². The van der Waals surface area contributed by atoms with E-state index in [1.54, 1.807) is 12.1 Å². The van der Waals surface area contributed by atoms with Crippen molar-refractivity contribution in [2.75, 3.05) is 5.32 Å². The summed E-state index contributed by atoms with van der Waals surface area (Å²) in [5.41, 5.74) is 1.86. The van der Waals surface area contributed by atoms with E-state index < -0.39 is 0 Å². The average molecular weight is 400 g/mol. The largest absolute Gasteiger partial charge is 0.340 e. The number of aromatic nitrogens is 2. The molecule has 2 aromatic heterocycles. The van der Waals surface area contributed by atoms with Crippen molar-refractivity contribution < 1.29 is 4.79 Å². The Labute approximate surface area is 164 Å². The number of halogens is 2. The zero-order valence-corrected chi connectivity index (χ0v) is 15.6. The average Bonchev–Trinajstić information content (AvgIpc) is 2.94. The van der Waals surface area contributed by atoms with Gasteiger partial charge in [0.25, 0.3) is 5.56 Å². The molecule has 1 amide bonds. The van der Waals surface area contributed by atoms with Crippen LogP contribution in [0.2, 0.25) is 10.0 Å². The number of rotatable bonds is 4. The third-order valence-corrected chi connectivity index (χ3v) is 4.91. The van der Waals surface area contributed by atoms with Crippen molar-refractivity contribution in [1.29, 1.82) is 0 Å². The summed E-state index contributed by atoms with van der Waals surface area (Å²) in [6.45, 7) is 0.458. The van der Waals surface area contributed by atoms with E-state index in [1.165, 1.54) is 6.20 Å². The minimum Gasteiger partial charge on any atom is -0.340 e. The number of amides is 1. The van der Waals surface area contributed by atoms with Crippen molar-refractivity contribution in [3.05, 3.63) is 75.1 Å². The molecule has 0 aliphatic carbocycles. The highest BCUT2D eigenvalue weighted by molar-refractivity contribution is 6.33. The normalized spacial score (nSPS) is 11.2. The predicted octanol–water partition coefficient (Wildman–Crippen LogP) is 4.82. The van der Waals surface area contributed by atoms with Gasteiger partial charge in [-0.2, -0.15) is 0 Å². The van der Waals surface area contributed by atoms with Crippen LogP contribution in [0.15, 0.2) is 59.5 Å². The Morgan fingerprint density at radius 1 is 1.00 bits per heavy atom. The lowest BCUT2D eigenvalue weighted by atomic mass is 10.1. The maximum atomic E-state index is 12.3. The second-order valence-corrected chi connectivity index (χ2v) is 7.06. The van der Waals surface area contributed by atoms with Crippen LogP contribution in [0, 0.1) is 0 Å². The van der Waals surface area contributed by atoms with Crippen molar-refractivity contribution in [2.24, 2.45) is 0 Å². The quantitative estimate of drug-likeness (QED) is 0.516. The van der Waals surface area contributed by atoms with Gasteiger partial charge in [-0.15, -0.1) is 0 Å². The first-order chi connectivity index (χ1) is 13.0. The van der Waals surface area contributed by atoms with E-state index in [0.717, 1.165) is 21.8 Å².